The summed E-state index contributed by atoms with van der Waals surface area (Å²) >= 11 is 0. The first-order valence-electron chi connectivity index (χ1n) is 8.50. The van der Waals surface area contributed by atoms with Gasteiger partial charge in [0.15, 0.2) is 6.61 Å². The highest BCUT2D eigenvalue weighted by molar-refractivity contribution is 7.89. The van der Waals surface area contributed by atoms with E-state index in [-0.39, 0.29) is 17.4 Å². The highest BCUT2D eigenvalue weighted by Gasteiger charge is 2.20. The van der Waals surface area contributed by atoms with Crippen LogP contribution in [0.1, 0.15) is 30.9 Å². The van der Waals surface area contributed by atoms with Crippen molar-refractivity contribution in [2.75, 3.05) is 18.5 Å². The monoisotopic (exact) mass is 374 g/mol. The van der Waals surface area contributed by atoms with Gasteiger partial charge >= 0.3 is 0 Å². The molecule has 0 radical (unpaired) electrons. The molecule has 2 N–H and O–H groups in total. The Bertz CT molecular complexity index is 906. The van der Waals surface area contributed by atoms with Crippen molar-refractivity contribution in [1.29, 1.82) is 0 Å². The number of ether oxygens (including phenoxy) is 1. The molecule has 138 valence electrons. The molecule has 6 nitrogen and oxygen atoms in total. The number of carbonyl (C=O) groups excluding carboxylic acids is 1. The van der Waals surface area contributed by atoms with Crippen LogP contribution in [0.5, 0.6) is 5.75 Å². The van der Waals surface area contributed by atoms with Gasteiger partial charge in [-0.15, -0.1) is 0 Å². The van der Waals surface area contributed by atoms with Crippen molar-refractivity contribution in [3.8, 4) is 5.75 Å². The Morgan fingerprint density at radius 2 is 1.88 bits per heavy atom. The highest BCUT2D eigenvalue weighted by atomic mass is 32.2. The van der Waals surface area contributed by atoms with Crippen molar-refractivity contribution in [2.24, 2.45) is 0 Å². The highest BCUT2D eigenvalue weighted by Crippen LogP contribution is 2.29. The van der Waals surface area contributed by atoms with Gasteiger partial charge in [-0.3, -0.25) is 4.79 Å². The third-order valence-electron chi connectivity index (χ3n) is 4.25. The predicted molar refractivity (Wildman–Crippen MR) is 100.0 cm³/mol. The summed E-state index contributed by atoms with van der Waals surface area (Å²) in [5.41, 5.74) is 2.70. The molecule has 2 aromatic carbocycles. The Morgan fingerprint density at radius 3 is 2.58 bits per heavy atom. The lowest BCUT2D eigenvalue weighted by atomic mass is 10.0. The van der Waals surface area contributed by atoms with Crippen LogP contribution in [0.3, 0.4) is 0 Å². The topological polar surface area (TPSA) is 84.5 Å². The Hall–Kier alpha value is -2.38. The predicted octanol–water partition coefficient (Wildman–Crippen LogP) is 2.66. The summed E-state index contributed by atoms with van der Waals surface area (Å²) in [5, 5.41) is 2.61. The smallest absolute Gasteiger partial charge is 0.262 e. The summed E-state index contributed by atoms with van der Waals surface area (Å²) in [4.78, 5) is 11.5. The maximum atomic E-state index is 12.5. The number of hydrogen-bond donors (Lipinski definition) is 2. The summed E-state index contributed by atoms with van der Waals surface area (Å²) in [6.45, 7) is 4.50. The standard InChI is InChI=1S/C19H22N2O4S/c1-13(2)15-5-3-14(4-6-15)9-10-20-26(23,24)16-7-8-18-17(11-16)21-19(22)12-25-18/h3-8,11,13,20H,9-10,12H2,1-2H3,(H,21,22). The summed E-state index contributed by atoms with van der Waals surface area (Å²) in [6, 6.07) is 12.6. The van der Waals surface area contributed by atoms with Crippen molar-refractivity contribution in [1.82, 2.24) is 4.72 Å². The van der Waals surface area contributed by atoms with E-state index in [1.165, 1.54) is 17.7 Å². The third-order valence-corrected chi connectivity index (χ3v) is 5.71. The third kappa shape index (κ3) is 4.23. The molecule has 26 heavy (non-hydrogen) atoms. The molecule has 1 aliphatic heterocycles. The molecule has 0 fully saturated rings. The number of benzene rings is 2. The average molecular weight is 374 g/mol. The fourth-order valence-electron chi connectivity index (χ4n) is 2.71. The maximum Gasteiger partial charge on any atom is 0.262 e. The van der Waals surface area contributed by atoms with Gasteiger partial charge in [-0.05, 0) is 41.7 Å². The van der Waals surface area contributed by atoms with E-state index >= 15 is 0 Å². The number of fused-ring (bicyclic) bond motifs is 1. The SMILES string of the molecule is CC(C)c1ccc(CCNS(=O)(=O)c2ccc3c(c2)NC(=O)CO3)cc1. The molecule has 7 heteroatoms. The van der Waals surface area contributed by atoms with Crippen LogP contribution in [-0.2, 0) is 21.2 Å². The van der Waals surface area contributed by atoms with Crippen molar-refractivity contribution in [3.63, 3.8) is 0 Å². The first-order valence-corrected chi connectivity index (χ1v) is 9.99. The van der Waals surface area contributed by atoms with Gasteiger partial charge in [0.2, 0.25) is 10.0 Å². The van der Waals surface area contributed by atoms with Crippen LogP contribution in [0.2, 0.25) is 0 Å². The number of carbonyl (C=O) groups is 1. The van der Waals surface area contributed by atoms with Crippen molar-refractivity contribution >= 4 is 21.6 Å². The quantitative estimate of drug-likeness (QED) is 0.814. The van der Waals surface area contributed by atoms with E-state index in [2.05, 4.69) is 36.0 Å². The van der Waals surface area contributed by atoms with Crippen molar-refractivity contribution in [3.05, 3.63) is 53.6 Å². The van der Waals surface area contributed by atoms with Crippen LogP contribution < -0.4 is 14.8 Å². The summed E-state index contributed by atoms with van der Waals surface area (Å²) in [5.74, 6) is 0.634. The van der Waals surface area contributed by atoms with E-state index in [9.17, 15) is 13.2 Å². The molecular formula is C19H22N2O4S. The first-order chi connectivity index (χ1) is 12.3. The number of anilines is 1. The number of rotatable bonds is 6. The van der Waals surface area contributed by atoms with Crippen molar-refractivity contribution < 1.29 is 17.9 Å². The molecule has 2 aromatic rings. The minimum atomic E-state index is -3.66. The van der Waals surface area contributed by atoms with E-state index in [1.54, 1.807) is 6.07 Å². The van der Waals surface area contributed by atoms with Crippen LogP contribution in [0.4, 0.5) is 5.69 Å². The average Bonchev–Trinajstić information content (AvgIpc) is 2.61. The van der Waals surface area contributed by atoms with Crippen LogP contribution in [0.25, 0.3) is 0 Å². The molecule has 0 spiro atoms. The second-order valence-electron chi connectivity index (χ2n) is 6.54. The first kappa shape index (κ1) is 18.4. The van der Waals surface area contributed by atoms with Crippen LogP contribution in [0, 0.1) is 0 Å². The van der Waals surface area contributed by atoms with Crippen LogP contribution in [0.15, 0.2) is 47.4 Å². The van der Waals surface area contributed by atoms with Gasteiger partial charge in [-0.1, -0.05) is 38.1 Å². The normalized spacial score (nSPS) is 13.9. The Labute approximate surface area is 153 Å². The minimum Gasteiger partial charge on any atom is -0.482 e. The fraction of sp³-hybridized carbons (Fsp3) is 0.316. The van der Waals surface area contributed by atoms with Gasteiger partial charge in [-0.2, -0.15) is 0 Å². The fourth-order valence-corrected chi connectivity index (χ4v) is 3.77. The maximum absolute atomic E-state index is 12.5. The lowest BCUT2D eigenvalue weighted by molar-refractivity contribution is -0.118. The van der Waals surface area contributed by atoms with E-state index in [1.807, 2.05) is 12.1 Å². The number of hydrogen-bond acceptors (Lipinski definition) is 4. The summed E-state index contributed by atoms with van der Waals surface area (Å²) < 4.78 is 32.8. The van der Waals surface area contributed by atoms with Gasteiger partial charge in [0.05, 0.1) is 10.6 Å². The number of nitrogens with one attached hydrogen (secondary N) is 2. The van der Waals surface area contributed by atoms with Gasteiger partial charge in [0.1, 0.15) is 5.75 Å². The zero-order valence-corrected chi connectivity index (χ0v) is 15.6. The van der Waals surface area contributed by atoms with Gasteiger partial charge in [-0.25, -0.2) is 13.1 Å². The second kappa shape index (κ2) is 7.47. The lowest BCUT2D eigenvalue weighted by Gasteiger charge is -2.18. The zero-order chi connectivity index (χ0) is 18.7. The second-order valence-corrected chi connectivity index (χ2v) is 8.31. The molecule has 0 aliphatic carbocycles. The molecule has 0 atom stereocenters. The molecule has 0 unspecified atom stereocenters. The number of amides is 1. The molecular weight excluding hydrogens is 352 g/mol. The zero-order valence-electron chi connectivity index (χ0n) is 14.8. The van der Waals surface area contributed by atoms with Gasteiger partial charge < -0.3 is 10.1 Å². The Kier molecular flexibility index (Phi) is 5.29. The van der Waals surface area contributed by atoms with Gasteiger partial charge in [0, 0.05) is 6.54 Å². The largest absolute Gasteiger partial charge is 0.482 e. The Morgan fingerprint density at radius 1 is 1.15 bits per heavy atom. The van der Waals surface area contributed by atoms with Crippen LogP contribution >= 0.6 is 0 Å². The molecule has 3 rings (SSSR count). The number of sulfonamides is 1. The van der Waals surface area contributed by atoms with E-state index in [0.29, 0.717) is 30.3 Å². The molecule has 0 bridgehead atoms. The van der Waals surface area contributed by atoms with E-state index < -0.39 is 10.0 Å². The molecule has 0 saturated carbocycles. The summed E-state index contributed by atoms with van der Waals surface area (Å²) in [6.07, 6.45) is 0.600. The minimum absolute atomic E-state index is 0.0626. The Balaban J connectivity index is 1.64. The molecule has 0 aromatic heterocycles. The lowest BCUT2D eigenvalue weighted by Crippen LogP contribution is -2.28. The molecule has 0 saturated heterocycles. The molecule has 1 aliphatic rings. The van der Waals surface area contributed by atoms with E-state index in [4.69, 9.17) is 4.74 Å². The molecule has 1 amide bonds. The molecule has 1 heterocycles. The summed E-state index contributed by atoms with van der Waals surface area (Å²) in [7, 11) is -3.66. The van der Waals surface area contributed by atoms with Crippen molar-refractivity contribution in [2.45, 2.75) is 31.1 Å². The van der Waals surface area contributed by atoms with E-state index in [0.717, 1.165) is 5.56 Å². The van der Waals surface area contributed by atoms with Gasteiger partial charge in [0.25, 0.3) is 5.91 Å². The van der Waals surface area contributed by atoms with Crippen LogP contribution in [-0.4, -0.2) is 27.5 Å².